The predicted octanol–water partition coefficient (Wildman–Crippen LogP) is 1.32. The zero-order valence-electron chi connectivity index (χ0n) is 10.9. The maximum Gasteiger partial charge on any atom is 0.237 e. The average molecular weight is 249 g/mol. The van der Waals surface area contributed by atoms with Gasteiger partial charge in [0, 0.05) is 0 Å². The second kappa shape index (κ2) is 7.84. The van der Waals surface area contributed by atoms with Crippen LogP contribution >= 0.6 is 0 Å². The molecule has 1 aromatic rings. The summed E-state index contributed by atoms with van der Waals surface area (Å²) < 4.78 is 0. The molecule has 0 radical (unpaired) electrons. The molecule has 2 unspecified atom stereocenters. The zero-order valence-corrected chi connectivity index (χ0v) is 10.9. The Labute approximate surface area is 109 Å². The quantitative estimate of drug-likeness (QED) is 0.681. The molecule has 100 valence electrons. The van der Waals surface area contributed by atoms with Crippen LogP contribution in [0, 0.1) is 0 Å². The first-order valence-electron chi connectivity index (χ1n) is 6.50. The van der Waals surface area contributed by atoms with Gasteiger partial charge >= 0.3 is 0 Å². The number of carbonyl (C=O) groups excluding carboxylic acids is 1. The van der Waals surface area contributed by atoms with Gasteiger partial charge in [0.15, 0.2) is 0 Å². The average Bonchev–Trinajstić information content (AvgIpc) is 2.42. The van der Waals surface area contributed by atoms with E-state index in [1.165, 1.54) is 0 Å². The highest BCUT2D eigenvalue weighted by Crippen LogP contribution is 2.16. The number of amides is 1. The Bertz CT molecular complexity index is 353. The van der Waals surface area contributed by atoms with Gasteiger partial charge in [0.1, 0.15) is 0 Å². The van der Waals surface area contributed by atoms with Gasteiger partial charge in [-0.05, 0) is 31.4 Å². The lowest BCUT2D eigenvalue weighted by Crippen LogP contribution is -2.42. The highest BCUT2D eigenvalue weighted by Gasteiger charge is 2.17. The smallest absolute Gasteiger partial charge is 0.237 e. The largest absolute Gasteiger partial charge is 0.348 e. The topological polar surface area (TPSA) is 81.1 Å². The van der Waals surface area contributed by atoms with E-state index in [0.29, 0.717) is 13.0 Å². The maximum atomic E-state index is 11.9. The first kappa shape index (κ1) is 14.7. The summed E-state index contributed by atoms with van der Waals surface area (Å²) in [6, 6.07) is 9.50. The molecule has 1 aromatic carbocycles. The van der Waals surface area contributed by atoms with Crippen molar-refractivity contribution in [2.45, 2.75) is 38.3 Å². The van der Waals surface area contributed by atoms with E-state index in [4.69, 9.17) is 11.5 Å². The van der Waals surface area contributed by atoms with Gasteiger partial charge in [0.2, 0.25) is 5.91 Å². The number of rotatable bonds is 7. The van der Waals surface area contributed by atoms with E-state index in [2.05, 4.69) is 5.32 Å². The minimum Gasteiger partial charge on any atom is -0.348 e. The molecule has 0 bridgehead atoms. The second-order valence-electron chi connectivity index (χ2n) is 4.42. The lowest BCUT2D eigenvalue weighted by Gasteiger charge is -2.20. The van der Waals surface area contributed by atoms with E-state index in [1.807, 2.05) is 37.3 Å². The van der Waals surface area contributed by atoms with Gasteiger partial charge in [0.25, 0.3) is 0 Å². The molecule has 4 heteroatoms. The second-order valence-corrected chi connectivity index (χ2v) is 4.42. The van der Waals surface area contributed by atoms with Crippen LogP contribution in [0.4, 0.5) is 0 Å². The van der Waals surface area contributed by atoms with Crippen molar-refractivity contribution < 1.29 is 4.79 Å². The van der Waals surface area contributed by atoms with Crippen LogP contribution in [0.3, 0.4) is 0 Å². The Morgan fingerprint density at radius 1 is 1.33 bits per heavy atom. The molecular formula is C14H23N3O. The van der Waals surface area contributed by atoms with Crippen LogP contribution in [0.5, 0.6) is 0 Å². The molecule has 0 heterocycles. The lowest BCUT2D eigenvalue weighted by atomic mass is 10.0. The van der Waals surface area contributed by atoms with E-state index in [0.717, 1.165) is 18.4 Å². The summed E-state index contributed by atoms with van der Waals surface area (Å²) in [5.74, 6) is -0.0980. The molecule has 0 aliphatic carbocycles. The van der Waals surface area contributed by atoms with Crippen LogP contribution < -0.4 is 16.8 Å². The highest BCUT2D eigenvalue weighted by molar-refractivity contribution is 5.81. The van der Waals surface area contributed by atoms with Crippen molar-refractivity contribution in [1.29, 1.82) is 0 Å². The van der Waals surface area contributed by atoms with Gasteiger partial charge in [-0.1, -0.05) is 37.3 Å². The lowest BCUT2D eigenvalue weighted by molar-refractivity contribution is -0.123. The van der Waals surface area contributed by atoms with Crippen LogP contribution in [0.15, 0.2) is 30.3 Å². The van der Waals surface area contributed by atoms with E-state index in [1.54, 1.807) is 0 Å². The number of benzene rings is 1. The Kier molecular flexibility index (Phi) is 6.39. The Morgan fingerprint density at radius 2 is 2.00 bits per heavy atom. The van der Waals surface area contributed by atoms with Crippen molar-refractivity contribution in [2.75, 3.05) is 6.54 Å². The third-order valence-corrected chi connectivity index (χ3v) is 2.98. The molecule has 4 nitrogen and oxygen atoms in total. The van der Waals surface area contributed by atoms with Crippen molar-refractivity contribution in [3.8, 4) is 0 Å². The number of carbonyl (C=O) groups is 1. The molecular weight excluding hydrogens is 226 g/mol. The van der Waals surface area contributed by atoms with E-state index >= 15 is 0 Å². The van der Waals surface area contributed by atoms with Crippen LogP contribution in [0.1, 0.15) is 37.8 Å². The fourth-order valence-electron chi connectivity index (χ4n) is 1.85. The summed E-state index contributed by atoms with van der Waals surface area (Å²) >= 11 is 0. The van der Waals surface area contributed by atoms with Crippen molar-refractivity contribution in [2.24, 2.45) is 11.5 Å². The fourth-order valence-corrected chi connectivity index (χ4v) is 1.85. The maximum absolute atomic E-state index is 11.9. The summed E-state index contributed by atoms with van der Waals surface area (Å²) in [5, 5.41) is 2.99. The molecule has 0 aliphatic rings. The Hall–Kier alpha value is -1.39. The summed E-state index contributed by atoms with van der Waals surface area (Å²) in [5.41, 5.74) is 12.3. The van der Waals surface area contributed by atoms with Gasteiger partial charge in [-0.2, -0.15) is 0 Å². The van der Waals surface area contributed by atoms with E-state index in [-0.39, 0.29) is 11.9 Å². The van der Waals surface area contributed by atoms with Crippen LogP contribution in [0.2, 0.25) is 0 Å². The van der Waals surface area contributed by atoms with Gasteiger partial charge in [0.05, 0.1) is 12.1 Å². The normalized spacial score (nSPS) is 13.9. The first-order chi connectivity index (χ1) is 8.69. The van der Waals surface area contributed by atoms with Gasteiger partial charge in [-0.3, -0.25) is 4.79 Å². The minimum absolute atomic E-state index is 0.0302. The third kappa shape index (κ3) is 4.47. The Balaban J connectivity index is 2.56. The number of hydrogen-bond donors (Lipinski definition) is 3. The molecule has 5 N–H and O–H groups in total. The highest BCUT2D eigenvalue weighted by atomic mass is 16.2. The van der Waals surface area contributed by atoms with Crippen molar-refractivity contribution in [3.63, 3.8) is 0 Å². The van der Waals surface area contributed by atoms with Gasteiger partial charge in [-0.15, -0.1) is 0 Å². The number of nitrogens with one attached hydrogen (secondary N) is 1. The molecule has 0 aliphatic heterocycles. The minimum atomic E-state index is -0.466. The van der Waals surface area contributed by atoms with Crippen molar-refractivity contribution in [3.05, 3.63) is 35.9 Å². The molecule has 0 saturated carbocycles. The monoisotopic (exact) mass is 249 g/mol. The molecule has 18 heavy (non-hydrogen) atoms. The van der Waals surface area contributed by atoms with E-state index in [9.17, 15) is 4.79 Å². The van der Waals surface area contributed by atoms with E-state index < -0.39 is 6.04 Å². The predicted molar refractivity (Wildman–Crippen MR) is 73.9 cm³/mol. The van der Waals surface area contributed by atoms with Crippen LogP contribution in [0.25, 0.3) is 0 Å². The van der Waals surface area contributed by atoms with Gasteiger partial charge < -0.3 is 16.8 Å². The number of nitrogens with two attached hydrogens (primary N) is 2. The van der Waals surface area contributed by atoms with Crippen LogP contribution in [-0.4, -0.2) is 18.5 Å². The summed E-state index contributed by atoms with van der Waals surface area (Å²) in [6.07, 6.45) is 2.25. The van der Waals surface area contributed by atoms with Crippen molar-refractivity contribution in [1.82, 2.24) is 5.32 Å². The zero-order chi connectivity index (χ0) is 13.4. The number of hydrogen-bond acceptors (Lipinski definition) is 3. The summed E-state index contributed by atoms with van der Waals surface area (Å²) in [4.78, 5) is 11.9. The fraction of sp³-hybridized carbons (Fsp3) is 0.500. The summed E-state index contributed by atoms with van der Waals surface area (Å²) in [6.45, 7) is 2.61. The standard InChI is InChI=1S/C14H23N3O/c1-2-13(11-7-4-3-5-8-11)17-14(18)12(16)9-6-10-15/h3-5,7-8,12-13H,2,6,9-10,15-16H2,1H3,(H,17,18). The summed E-state index contributed by atoms with van der Waals surface area (Å²) in [7, 11) is 0. The van der Waals surface area contributed by atoms with Gasteiger partial charge in [-0.25, -0.2) is 0 Å². The molecule has 0 fully saturated rings. The van der Waals surface area contributed by atoms with Crippen molar-refractivity contribution >= 4 is 5.91 Å². The molecule has 1 amide bonds. The molecule has 0 aromatic heterocycles. The first-order valence-corrected chi connectivity index (χ1v) is 6.50. The SMILES string of the molecule is CCC(NC(=O)C(N)CCCN)c1ccccc1. The molecule has 1 rings (SSSR count). The Morgan fingerprint density at radius 3 is 2.56 bits per heavy atom. The molecule has 2 atom stereocenters. The third-order valence-electron chi connectivity index (χ3n) is 2.98. The molecule has 0 spiro atoms. The van der Waals surface area contributed by atoms with Crippen LogP contribution in [-0.2, 0) is 4.79 Å². The molecule has 0 saturated heterocycles.